The SMILES string of the molecule is COc1ncc(N2CCOc3cnc(OC4CCN(C(=O)c5cn(C)cn5)C4)cc32)cc1C(F)(F)F. The summed E-state index contributed by atoms with van der Waals surface area (Å²) in [4.78, 5) is 28.2. The summed E-state index contributed by atoms with van der Waals surface area (Å²) in [6.07, 6.45) is 1.71. The highest BCUT2D eigenvalue weighted by Crippen LogP contribution is 2.42. The molecule has 1 atom stereocenters. The van der Waals surface area contributed by atoms with Gasteiger partial charge in [0.05, 0.1) is 50.3 Å². The molecule has 2 aliphatic rings. The highest BCUT2D eigenvalue weighted by molar-refractivity contribution is 5.92. The number of amides is 1. The van der Waals surface area contributed by atoms with Crippen LogP contribution in [-0.2, 0) is 13.2 Å². The van der Waals surface area contributed by atoms with Gasteiger partial charge in [-0.2, -0.15) is 13.2 Å². The summed E-state index contributed by atoms with van der Waals surface area (Å²) in [5.74, 6) is 0.0203. The van der Waals surface area contributed by atoms with Crippen molar-refractivity contribution in [3.8, 4) is 17.5 Å². The molecule has 5 heterocycles. The Morgan fingerprint density at radius 1 is 1.17 bits per heavy atom. The maximum absolute atomic E-state index is 13.5. The summed E-state index contributed by atoms with van der Waals surface area (Å²) in [5.41, 5.74) is 0.137. The highest BCUT2D eigenvalue weighted by atomic mass is 19.4. The first-order chi connectivity index (χ1) is 17.2. The van der Waals surface area contributed by atoms with E-state index in [2.05, 4.69) is 15.0 Å². The third kappa shape index (κ3) is 4.60. The van der Waals surface area contributed by atoms with Crippen LogP contribution in [-0.4, -0.2) is 69.8 Å². The predicted molar refractivity (Wildman–Crippen MR) is 121 cm³/mol. The molecule has 0 saturated carbocycles. The standard InChI is InChI=1S/C23H23F3N6O4/c1-30-12-17(29-13-30)22(33)31-4-3-15(11-31)36-20-8-18-19(10-27-20)35-6-5-32(18)14-7-16(23(24,25)26)21(34-2)28-9-14/h7-10,12-13,15H,3-6,11H2,1-2H3. The van der Waals surface area contributed by atoms with Crippen LogP contribution in [0.25, 0.3) is 0 Å². The van der Waals surface area contributed by atoms with E-state index in [0.29, 0.717) is 43.2 Å². The van der Waals surface area contributed by atoms with Crippen molar-refractivity contribution in [3.05, 3.63) is 48.3 Å². The molecule has 1 unspecified atom stereocenters. The number of halogens is 3. The Bertz CT molecular complexity index is 1280. The summed E-state index contributed by atoms with van der Waals surface area (Å²) in [5, 5.41) is 0. The molecule has 0 bridgehead atoms. The zero-order valence-corrected chi connectivity index (χ0v) is 19.5. The molecule has 0 aliphatic carbocycles. The van der Waals surface area contributed by atoms with Crippen LogP contribution in [0.2, 0.25) is 0 Å². The van der Waals surface area contributed by atoms with Crippen LogP contribution in [0.5, 0.6) is 17.5 Å². The van der Waals surface area contributed by atoms with Gasteiger partial charge in [0, 0.05) is 32.3 Å². The van der Waals surface area contributed by atoms with E-state index in [-0.39, 0.29) is 30.2 Å². The lowest BCUT2D eigenvalue weighted by molar-refractivity contribution is -0.139. The molecule has 0 N–H and O–H groups in total. The van der Waals surface area contributed by atoms with Crippen LogP contribution in [0.15, 0.2) is 37.1 Å². The van der Waals surface area contributed by atoms with Gasteiger partial charge < -0.3 is 28.6 Å². The average molecular weight is 504 g/mol. The summed E-state index contributed by atoms with van der Waals surface area (Å²) in [6.45, 7) is 1.44. The van der Waals surface area contributed by atoms with Crippen LogP contribution in [0, 0.1) is 0 Å². The third-order valence-corrected chi connectivity index (χ3v) is 5.98. The number of alkyl halides is 3. The van der Waals surface area contributed by atoms with E-state index >= 15 is 0 Å². The van der Waals surface area contributed by atoms with E-state index in [1.807, 2.05) is 0 Å². The Morgan fingerprint density at radius 3 is 2.72 bits per heavy atom. The van der Waals surface area contributed by atoms with Crippen molar-refractivity contribution in [1.29, 1.82) is 0 Å². The number of pyridine rings is 2. The highest BCUT2D eigenvalue weighted by Gasteiger charge is 2.37. The molecule has 0 aromatic carbocycles. The van der Waals surface area contributed by atoms with Gasteiger partial charge in [0.1, 0.15) is 24.0 Å². The molecule has 1 saturated heterocycles. The zero-order chi connectivity index (χ0) is 25.4. The van der Waals surface area contributed by atoms with Gasteiger partial charge in [0.15, 0.2) is 5.75 Å². The predicted octanol–water partition coefficient (Wildman–Crippen LogP) is 3.06. The van der Waals surface area contributed by atoms with E-state index in [4.69, 9.17) is 14.2 Å². The molecule has 3 aromatic rings. The normalized spacial score (nSPS) is 17.5. The Balaban J connectivity index is 1.35. The molecule has 0 radical (unpaired) electrons. The number of fused-ring (bicyclic) bond motifs is 1. The minimum Gasteiger partial charge on any atom is -0.488 e. The Morgan fingerprint density at radius 2 is 2.00 bits per heavy atom. The van der Waals surface area contributed by atoms with E-state index in [9.17, 15) is 18.0 Å². The molecule has 1 amide bonds. The molecule has 3 aromatic heterocycles. The number of carbonyl (C=O) groups excluding carboxylic acids is 1. The van der Waals surface area contributed by atoms with E-state index < -0.39 is 17.6 Å². The van der Waals surface area contributed by atoms with Crippen molar-refractivity contribution in [2.45, 2.75) is 18.7 Å². The summed E-state index contributed by atoms with van der Waals surface area (Å²) in [7, 11) is 2.94. The number of hydrogen-bond acceptors (Lipinski definition) is 8. The topological polar surface area (TPSA) is 94.8 Å². The van der Waals surface area contributed by atoms with E-state index in [1.54, 1.807) is 40.0 Å². The van der Waals surface area contributed by atoms with Gasteiger partial charge >= 0.3 is 6.18 Å². The molecule has 0 spiro atoms. The van der Waals surface area contributed by atoms with Gasteiger partial charge in [-0.25, -0.2) is 15.0 Å². The maximum atomic E-state index is 13.5. The van der Waals surface area contributed by atoms with Crippen LogP contribution >= 0.6 is 0 Å². The quantitative estimate of drug-likeness (QED) is 0.524. The van der Waals surface area contributed by atoms with Crippen molar-refractivity contribution < 1.29 is 32.2 Å². The summed E-state index contributed by atoms with van der Waals surface area (Å²) >= 11 is 0. The van der Waals surface area contributed by atoms with Crippen molar-refractivity contribution in [1.82, 2.24) is 24.4 Å². The number of methoxy groups -OCH3 is 1. The number of likely N-dealkylation sites (tertiary alicyclic amines) is 1. The number of aryl methyl sites for hydroxylation is 1. The molecule has 36 heavy (non-hydrogen) atoms. The molecule has 2 aliphatic heterocycles. The lowest BCUT2D eigenvalue weighted by Crippen LogP contribution is -2.31. The second kappa shape index (κ2) is 9.21. The number of anilines is 2. The molecule has 10 nitrogen and oxygen atoms in total. The number of hydrogen-bond donors (Lipinski definition) is 0. The first-order valence-electron chi connectivity index (χ1n) is 11.2. The van der Waals surface area contributed by atoms with Crippen LogP contribution < -0.4 is 19.1 Å². The van der Waals surface area contributed by atoms with Crippen molar-refractivity contribution in [2.75, 3.05) is 38.3 Å². The number of nitrogens with zero attached hydrogens (tertiary/aromatic N) is 6. The second-order valence-corrected chi connectivity index (χ2v) is 8.44. The fourth-order valence-electron chi connectivity index (χ4n) is 4.26. The van der Waals surface area contributed by atoms with Crippen molar-refractivity contribution in [2.24, 2.45) is 7.05 Å². The molecular formula is C23H23F3N6O4. The zero-order valence-electron chi connectivity index (χ0n) is 19.5. The number of aromatic nitrogens is 4. The van der Waals surface area contributed by atoms with Gasteiger partial charge in [0.2, 0.25) is 11.8 Å². The van der Waals surface area contributed by atoms with Crippen LogP contribution in [0.1, 0.15) is 22.5 Å². The minimum absolute atomic E-state index is 0.174. The monoisotopic (exact) mass is 504 g/mol. The lowest BCUT2D eigenvalue weighted by atomic mass is 10.2. The lowest BCUT2D eigenvalue weighted by Gasteiger charge is -2.31. The first kappa shape index (κ1) is 23.7. The first-order valence-corrected chi connectivity index (χ1v) is 11.2. The number of imidazole rings is 1. The van der Waals surface area contributed by atoms with Crippen molar-refractivity contribution in [3.63, 3.8) is 0 Å². The molecular weight excluding hydrogens is 481 g/mol. The van der Waals surface area contributed by atoms with Crippen molar-refractivity contribution >= 4 is 17.3 Å². The van der Waals surface area contributed by atoms with Gasteiger partial charge in [0.25, 0.3) is 5.91 Å². The largest absolute Gasteiger partial charge is 0.488 e. The number of ether oxygens (including phenoxy) is 3. The van der Waals surface area contributed by atoms with E-state index in [0.717, 1.165) is 13.2 Å². The van der Waals surface area contributed by atoms with Crippen LogP contribution in [0.4, 0.5) is 24.5 Å². The van der Waals surface area contributed by atoms with E-state index in [1.165, 1.54) is 12.4 Å². The third-order valence-electron chi connectivity index (χ3n) is 5.98. The number of rotatable bonds is 5. The van der Waals surface area contributed by atoms with Gasteiger partial charge in [-0.3, -0.25) is 4.79 Å². The summed E-state index contributed by atoms with van der Waals surface area (Å²) in [6, 6.07) is 2.62. The molecule has 13 heteroatoms. The molecule has 190 valence electrons. The smallest absolute Gasteiger partial charge is 0.421 e. The second-order valence-electron chi connectivity index (χ2n) is 8.44. The number of carbonyl (C=O) groups is 1. The fourth-order valence-corrected chi connectivity index (χ4v) is 4.26. The Labute approximate surface area is 204 Å². The maximum Gasteiger partial charge on any atom is 0.421 e. The average Bonchev–Trinajstić information content (AvgIpc) is 3.51. The van der Waals surface area contributed by atoms with Gasteiger partial charge in [-0.15, -0.1) is 0 Å². The Kier molecular flexibility index (Phi) is 6.06. The Hall–Kier alpha value is -4.03. The molecule has 5 rings (SSSR count). The minimum atomic E-state index is -4.63. The van der Waals surface area contributed by atoms with Gasteiger partial charge in [-0.1, -0.05) is 0 Å². The van der Waals surface area contributed by atoms with Crippen LogP contribution in [0.3, 0.4) is 0 Å². The summed E-state index contributed by atoms with van der Waals surface area (Å²) < 4.78 is 58.8. The van der Waals surface area contributed by atoms with Gasteiger partial charge in [-0.05, 0) is 6.07 Å². The molecule has 1 fully saturated rings. The fraction of sp³-hybridized carbons (Fsp3) is 0.391.